The molecule has 0 radical (unpaired) electrons. The molecule has 0 bridgehead atoms. The fourth-order valence-corrected chi connectivity index (χ4v) is 10.4. The molecule has 2 N–H and O–H groups in total. The molecule has 4 unspecified atom stereocenters. The summed E-state index contributed by atoms with van der Waals surface area (Å²) < 4.78 is 4.89. The number of benzene rings is 1. The molecule has 0 saturated heterocycles. The number of ether oxygens (including phenoxy) is 1. The average Bonchev–Trinajstić information content (AvgIpc) is 3.31. The number of hydrogen-bond donors (Lipinski definition) is 2. The van der Waals surface area contributed by atoms with Crippen molar-refractivity contribution in [3.8, 4) is 0 Å². The fraction of sp³-hybridized carbons (Fsp3) is 0.765. The van der Waals surface area contributed by atoms with Crippen LogP contribution in [0.15, 0.2) is 24.3 Å². The molecular weight excluding hydrogens is 488 g/mol. The lowest BCUT2D eigenvalue weighted by Crippen LogP contribution is -2.58. The molecule has 0 heterocycles. The summed E-state index contributed by atoms with van der Waals surface area (Å²) in [5.41, 5.74) is 1.59. The van der Waals surface area contributed by atoms with Crippen molar-refractivity contribution < 1.29 is 24.5 Å². The lowest BCUT2D eigenvalue weighted by atomic mass is 9.43. The Kier molecular flexibility index (Phi) is 8.33. The number of esters is 1. The maximum atomic E-state index is 13.2. The van der Waals surface area contributed by atoms with Gasteiger partial charge in [0.1, 0.15) is 0 Å². The van der Waals surface area contributed by atoms with Crippen molar-refractivity contribution in [2.24, 2.45) is 52.3 Å². The third kappa shape index (κ3) is 5.01. The van der Waals surface area contributed by atoms with Crippen molar-refractivity contribution in [2.45, 2.75) is 104 Å². The number of methoxy groups -OCH3 is 1. The molecule has 1 aromatic carbocycles. The van der Waals surface area contributed by atoms with E-state index in [0.29, 0.717) is 59.8 Å². The van der Waals surface area contributed by atoms with Crippen molar-refractivity contribution in [2.75, 3.05) is 7.11 Å². The largest absolute Gasteiger partial charge is 0.469 e. The molecule has 5 rings (SSSR count). The number of Topliss-reactive ketones (excluding diaryl/α,β-unsaturated/α-hetero) is 1. The predicted molar refractivity (Wildman–Crippen MR) is 152 cm³/mol. The molecule has 39 heavy (non-hydrogen) atoms. The van der Waals surface area contributed by atoms with Gasteiger partial charge in [-0.2, -0.15) is 0 Å². The van der Waals surface area contributed by atoms with Gasteiger partial charge in [0, 0.05) is 18.4 Å². The maximum Gasteiger partial charge on any atom is 0.305 e. The molecule has 5 heteroatoms. The zero-order valence-electron chi connectivity index (χ0n) is 24.5. The molecule has 4 saturated carbocycles. The second kappa shape index (κ2) is 11.3. The SMILES string of the molecule is COC(=O)CCC(C)[C@H]1CCC2C3CC[C@@H]4C[C@@H](CC(=O)c5ccccc5CO)CC[C@]4(C)C3C[C@H](O)[C@@]21C. The number of hydrogen-bond acceptors (Lipinski definition) is 5. The van der Waals surface area contributed by atoms with Gasteiger partial charge in [-0.1, -0.05) is 45.0 Å². The molecule has 4 fully saturated rings. The molecule has 4 aliphatic carbocycles. The van der Waals surface area contributed by atoms with E-state index in [4.69, 9.17) is 4.74 Å². The molecule has 0 amide bonds. The van der Waals surface area contributed by atoms with Crippen LogP contribution in [0.2, 0.25) is 0 Å². The minimum Gasteiger partial charge on any atom is -0.469 e. The van der Waals surface area contributed by atoms with Gasteiger partial charge >= 0.3 is 5.97 Å². The smallest absolute Gasteiger partial charge is 0.305 e. The van der Waals surface area contributed by atoms with Gasteiger partial charge in [-0.25, -0.2) is 0 Å². The number of rotatable bonds is 8. The number of ketones is 1. The monoisotopic (exact) mass is 538 g/mol. The van der Waals surface area contributed by atoms with Gasteiger partial charge in [0.15, 0.2) is 5.78 Å². The van der Waals surface area contributed by atoms with Crippen LogP contribution in [0.4, 0.5) is 0 Å². The average molecular weight is 539 g/mol. The van der Waals surface area contributed by atoms with E-state index < -0.39 is 0 Å². The zero-order chi connectivity index (χ0) is 27.9. The van der Waals surface area contributed by atoms with Crippen molar-refractivity contribution in [1.82, 2.24) is 0 Å². The minimum absolute atomic E-state index is 0.0659. The topological polar surface area (TPSA) is 83.8 Å². The Bertz CT molecular complexity index is 1050. The minimum atomic E-state index is -0.290. The summed E-state index contributed by atoms with van der Waals surface area (Å²) in [4.78, 5) is 25.0. The Morgan fingerprint density at radius 3 is 2.56 bits per heavy atom. The van der Waals surface area contributed by atoms with Crippen LogP contribution >= 0.6 is 0 Å². The summed E-state index contributed by atoms with van der Waals surface area (Å²) in [6, 6.07) is 7.48. The van der Waals surface area contributed by atoms with E-state index in [2.05, 4.69) is 20.8 Å². The first-order chi connectivity index (χ1) is 18.6. The Balaban J connectivity index is 1.26. The zero-order valence-corrected chi connectivity index (χ0v) is 24.5. The molecular formula is C34H50O5. The molecule has 5 nitrogen and oxygen atoms in total. The van der Waals surface area contributed by atoms with Crippen LogP contribution < -0.4 is 0 Å². The molecule has 10 atom stereocenters. The van der Waals surface area contributed by atoms with Crippen molar-refractivity contribution in [3.05, 3.63) is 35.4 Å². The third-order valence-corrected chi connectivity index (χ3v) is 12.6. The number of aliphatic hydroxyl groups excluding tert-OH is 2. The summed E-state index contributed by atoms with van der Waals surface area (Å²) in [6.07, 6.45) is 10.7. The van der Waals surface area contributed by atoms with Crippen LogP contribution in [0.25, 0.3) is 0 Å². The van der Waals surface area contributed by atoms with Crippen LogP contribution in [0.5, 0.6) is 0 Å². The van der Waals surface area contributed by atoms with E-state index in [1.54, 1.807) is 0 Å². The Morgan fingerprint density at radius 2 is 1.82 bits per heavy atom. The first-order valence-corrected chi connectivity index (χ1v) is 15.6. The normalized spacial score (nSPS) is 40.2. The van der Waals surface area contributed by atoms with Crippen LogP contribution in [0.3, 0.4) is 0 Å². The molecule has 0 spiro atoms. The third-order valence-electron chi connectivity index (χ3n) is 12.6. The Labute approximate surface area is 235 Å². The van der Waals surface area contributed by atoms with Gasteiger partial charge in [0.2, 0.25) is 0 Å². The van der Waals surface area contributed by atoms with Gasteiger partial charge in [0.25, 0.3) is 0 Å². The summed E-state index contributed by atoms with van der Waals surface area (Å²) in [5, 5.41) is 21.5. The maximum absolute atomic E-state index is 13.2. The van der Waals surface area contributed by atoms with Gasteiger partial charge in [0.05, 0.1) is 19.8 Å². The van der Waals surface area contributed by atoms with E-state index in [0.717, 1.165) is 44.1 Å². The summed E-state index contributed by atoms with van der Waals surface area (Å²) >= 11 is 0. The number of aliphatic hydroxyl groups is 2. The standard InChI is InChI=1S/C34H50O5/c1-21(9-14-32(38)39-4)27-12-13-28-26-11-10-24-17-22(18-30(36)25-8-6-5-7-23(25)20-35)15-16-33(24,2)29(26)19-31(37)34(27,28)3/h5-8,21-22,24,26-29,31,35,37H,9-20H2,1-4H3/t21?,22-,24+,26?,27+,28?,29?,31-,33-,34+/m0/s1. The fourth-order valence-electron chi connectivity index (χ4n) is 10.4. The van der Waals surface area contributed by atoms with Gasteiger partial charge in [-0.05, 0) is 116 Å². The van der Waals surface area contributed by atoms with Gasteiger partial charge in [-0.3, -0.25) is 9.59 Å². The molecule has 216 valence electrons. The Morgan fingerprint density at radius 1 is 1.05 bits per heavy atom. The second-order valence-corrected chi connectivity index (χ2v) is 14.1. The lowest BCUT2D eigenvalue weighted by Gasteiger charge is -2.62. The van der Waals surface area contributed by atoms with E-state index in [1.807, 2.05) is 24.3 Å². The predicted octanol–water partition coefficient (Wildman–Crippen LogP) is 6.59. The highest BCUT2D eigenvalue weighted by Crippen LogP contribution is 2.68. The molecule has 4 aliphatic rings. The molecule has 0 aromatic heterocycles. The number of carbonyl (C=O) groups is 2. The first kappa shape index (κ1) is 28.8. The number of carbonyl (C=O) groups excluding carboxylic acids is 2. The van der Waals surface area contributed by atoms with Gasteiger partial charge < -0.3 is 14.9 Å². The van der Waals surface area contributed by atoms with Gasteiger partial charge in [-0.15, -0.1) is 0 Å². The van der Waals surface area contributed by atoms with Crippen molar-refractivity contribution in [3.63, 3.8) is 0 Å². The molecule has 1 aromatic rings. The van der Waals surface area contributed by atoms with Crippen LogP contribution in [0.1, 0.15) is 107 Å². The van der Waals surface area contributed by atoms with E-state index in [-0.39, 0.29) is 35.3 Å². The summed E-state index contributed by atoms with van der Waals surface area (Å²) in [6.45, 7) is 7.06. The first-order valence-electron chi connectivity index (χ1n) is 15.6. The van der Waals surface area contributed by atoms with Crippen molar-refractivity contribution >= 4 is 11.8 Å². The lowest BCUT2D eigenvalue weighted by molar-refractivity contribution is -0.171. The summed E-state index contributed by atoms with van der Waals surface area (Å²) in [5.74, 6) is 3.71. The highest BCUT2D eigenvalue weighted by atomic mass is 16.5. The number of fused-ring (bicyclic) bond motifs is 5. The van der Waals surface area contributed by atoms with Crippen LogP contribution in [-0.2, 0) is 16.1 Å². The highest BCUT2D eigenvalue weighted by molar-refractivity contribution is 5.97. The summed E-state index contributed by atoms with van der Waals surface area (Å²) in [7, 11) is 1.46. The highest BCUT2D eigenvalue weighted by Gasteiger charge is 2.63. The second-order valence-electron chi connectivity index (χ2n) is 14.1. The van der Waals surface area contributed by atoms with E-state index in [9.17, 15) is 19.8 Å². The van der Waals surface area contributed by atoms with E-state index >= 15 is 0 Å². The molecule has 0 aliphatic heterocycles. The van der Waals surface area contributed by atoms with Crippen LogP contribution in [-0.4, -0.2) is 35.2 Å². The Hall–Kier alpha value is -1.72. The quantitative estimate of drug-likeness (QED) is 0.288. The van der Waals surface area contributed by atoms with Crippen molar-refractivity contribution in [1.29, 1.82) is 0 Å². The van der Waals surface area contributed by atoms with E-state index in [1.165, 1.54) is 26.4 Å². The van der Waals surface area contributed by atoms with Crippen LogP contribution in [0, 0.1) is 52.3 Å².